The number of halogens is 1. The van der Waals surface area contributed by atoms with Gasteiger partial charge in [-0.2, -0.15) is 18.1 Å². The van der Waals surface area contributed by atoms with Gasteiger partial charge in [0.25, 0.3) is 0 Å². The van der Waals surface area contributed by atoms with Crippen molar-refractivity contribution in [3.05, 3.63) is 71.0 Å². The smallest absolute Gasteiger partial charge is 0.245 e. The van der Waals surface area contributed by atoms with Gasteiger partial charge in [0.05, 0.1) is 5.69 Å². The Bertz CT molecular complexity index is 1180. The lowest BCUT2D eigenvalue weighted by atomic mass is 10.1. The normalized spacial score (nSPS) is 18.2. The third-order valence-electron chi connectivity index (χ3n) is 4.16. The van der Waals surface area contributed by atoms with Gasteiger partial charge in [0.15, 0.2) is 0 Å². The van der Waals surface area contributed by atoms with E-state index < -0.39 is 16.3 Å². The second-order valence-corrected chi connectivity index (χ2v) is 7.64. The van der Waals surface area contributed by atoms with Crippen LogP contribution in [-0.4, -0.2) is 19.6 Å². The Labute approximate surface area is 155 Å². The van der Waals surface area contributed by atoms with Crippen molar-refractivity contribution in [2.45, 2.75) is 6.04 Å². The molecule has 128 valence electrons. The van der Waals surface area contributed by atoms with Crippen molar-refractivity contribution in [3.63, 3.8) is 0 Å². The Hall–Kier alpha value is -2.95. The molecule has 1 atom stereocenters. The summed E-state index contributed by atoms with van der Waals surface area (Å²) in [4.78, 5) is 4.02. The maximum Gasteiger partial charge on any atom is 0.345 e. The number of aromatic nitrogens is 1. The zero-order valence-electron chi connectivity index (χ0n) is 13.2. The van der Waals surface area contributed by atoms with Crippen molar-refractivity contribution >= 4 is 44.5 Å². The topological polar surface area (TPSA) is 86.4 Å². The molecule has 0 fully saturated rings. The van der Waals surface area contributed by atoms with Gasteiger partial charge >= 0.3 is 10.2 Å². The minimum Gasteiger partial charge on any atom is -0.245 e. The molecule has 0 aliphatic carbocycles. The van der Waals surface area contributed by atoms with Gasteiger partial charge in [-0.3, -0.25) is 0 Å². The minimum absolute atomic E-state index is 0.295. The van der Waals surface area contributed by atoms with Crippen LogP contribution >= 0.6 is 11.6 Å². The van der Waals surface area contributed by atoms with Crippen LogP contribution in [0.1, 0.15) is 17.3 Å². The molecule has 2 aromatic carbocycles. The van der Waals surface area contributed by atoms with Gasteiger partial charge in [-0.15, -0.1) is 0 Å². The summed E-state index contributed by atoms with van der Waals surface area (Å²) in [6.07, 6.45) is 2.92. The van der Waals surface area contributed by atoms with E-state index in [1.54, 1.807) is 48.5 Å². The molecule has 0 saturated heterocycles. The van der Waals surface area contributed by atoms with Gasteiger partial charge in [0.1, 0.15) is 17.8 Å². The van der Waals surface area contributed by atoms with Crippen LogP contribution in [0.5, 0.6) is 0 Å². The van der Waals surface area contributed by atoms with Crippen LogP contribution < -0.4 is 4.31 Å². The molecule has 1 aliphatic rings. The number of benzene rings is 2. The molecule has 0 amide bonds. The molecule has 0 unspecified atom stereocenters. The van der Waals surface area contributed by atoms with Crippen LogP contribution in [0.15, 0.2) is 59.1 Å². The number of nitrogens with zero attached hydrogens (tertiary/aromatic N) is 4. The number of nitriles is 1. The summed E-state index contributed by atoms with van der Waals surface area (Å²) in [5.41, 5.74) is 1.51. The summed E-state index contributed by atoms with van der Waals surface area (Å²) >= 11 is 5.92. The minimum atomic E-state index is -3.84. The molecular weight excluding hydrogens is 372 g/mol. The predicted molar refractivity (Wildman–Crippen MR) is 101 cm³/mol. The van der Waals surface area contributed by atoms with Crippen LogP contribution in [0, 0.1) is 11.3 Å². The van der Waals surface area contributed by atoms with Crippen LogP contribution in [0.4, 0.5) is 5.69 Å². The van der Waals surface area contributed by atoms with E-state index in [2.05, 4.69) is 9.38 Å². The van der Waals surface area contributed by atoms with Crippen molar-refractivity contribution < 1.29 is 8.42 Å². The van der Waals surface area contributed by atoms with E-state index >= 15 is 0 Å². The first-order valence-electron chi connectivity index (χ1n) is 7.64. The van der Waals surface area contributed by atoms with Gasteiger partial charge in [-0.1, -0.05) is 23.7 Å². The molecule has 0 radical (unpaired) electrons. The standard InChI is InChI=1S/C18H11ClN4O2S/c19-14-3-1-12(2-4-14)18-11-22-26(24,25)23(18)15-5-6-16-13(9-15)7-8-21-17(16)10-20/h1-9,11,18H/t18-/m1/s1. The molecule has 4 rings (SSSR count). The average Bonchev–Trinajstić information content (AvgIpc) is 2.96. The fourth-order valence-corrected chi connectivity index (χ4v) is 4.30. The molecule has 1 aromatic heterocycles. The van der Waals surface area contributed by atoms with E-state index in [1.807, 2.05) is 6.07 Å². The number of fused-ring (bicyclic) bond motifs is 1. The fourth-order valence-electron chi connectivity index (χ4n) is 2.96. The van der Waals surface area contributed by atoms with E-state index in [4.69, 9.17) is 16.9 Å². The zero-order valence-corrected chi connectivity index (χ0v) is 14.8. The molecule has 2 heterocycles. The molecule has 6 nitrogen and oxygen atoms in total. The maximum absolute atomic E-state index is 12.5. The molecule has 0 bridgehead atoms. The summed E-state index contributed by atoms with van der Waals surface area (Å²) in [7, 11) is -3.84. The van der Waals surface area contributed by atoms with Gasteiger partial charge in [-0.25, -0.2) is 9.29 Å². The van der Waals surface area contributed by atoms with Crippen LogP contribution in [-0.2, 0) is 10.2 Å². The Kier molecular flexibility index (Phi) is 3.87. The zero-order chi connectivity index (χ0) is 18.3. The molecule has 26 heavy (non-hydrogen) atoms. The van der Waals surface area contributed by atoms with Crippen molar-refractivity contribution in [3.8, 4) is 6.07 Å². The molecular formula is C18H11ClN4O2S. The van der Waals surface area contributed by atoms with Crippen LogP contribution in [0.3, 0.4) is 0 Å². The molecule has 0 saturated carbocycles. The fraction of sp³-hybridized carbons (Fsp3) is 0.0556. The molecule has 3 aromatic rings. The molecule has 1 aliphatic heterocycles. The van der Waals surface area contributed by atoms with Gasteiger partial charge in [0.2, 0.25) is 0 Å². The Morgan fingerprint density at radius 2 is 1.88 bits per heavy atom. The Morgan fingerprint density at radius 3 is 2.62 bits per heavy atom. The second kappa shape index (κ2) is 6.09. The first kappa shape index (κ1) is 16.5. The third kappa shape index (κ3) is 2.69. The second-order valence-electron chi connectivity index (χ2n) is 5.70. The van der Waals surface area contributed by atoms with E-state index in [-0.39, 0.29) is 0 Å². The lowest BCUT2D eigenvalue weighted by Gasteiger charge is -2.24. The Morgan fingerprint density at radius 1 is 1.12 bits per heavy atom. The largest absolute Gasteiger partial charge is 0.345 e. The lowest BCUT2D eigenvalue weighted by Crippen LogP contribution is -2.29. The number of hydrogen-bond acceptors (Lipinski definition) is 4. The summed E-state index contributed by atoms with van der Waals surface area (Å²) in [6.45, 7) is 0. The predicted octanol–water partition coefficient (Wildman–Crippen LogP) is 3.64. The average molecular weight is 383 g/mol. The summed E-state index contributed by atoms with van der Waals surface area (Å²) in [5, 5.41) is 11.1. The number of pyridine rings is 1. The molecule has 8 heteroatoms. The summed E-state index contributed by atoms with van der Waals surface area (Å²) < 4.78 is 30.0. The summed E-state index contributed by atoms with van der Waals surface area (Å²) in [5.74, 6) is 0. The molecule has 0 N–H and O–H groups in total. The quantitative estimate of drug-likeness (QED) is 0.677. The van der Waals surface area contributed by atoms with Crippen molar-refractivity contribution in [1.29, 1.82) is 5.26 Å². The van der Waals surface area contributed by atoms with E-state index in [0.717, 1.165) is 10.9 Å². The maximum atomic E-state index is 12.5. The highest BCUT2D eigenvalue weighted by Gasteiger charge is 2.35. The first-order chi connectivity index (χ1) is 12.5. The van der Waals surface area contributed by atoms with Crippen molar-refractivity contribution in [1.82, 2.24) is 4.98 Å². The van der Waals surface area contributed by atoms with Crippen LogP contribution in [0.25, 0.3) is 10.8 Å². The van der Waals surface area contributed by atoms with Gasteiger partial charge in [-0.05, 0) is 47.3 Å². The number of hydrogen-bond donors (Lipinski definition) is 0. The van der Waals surface area contributed by atoms with Crippen molar-refractivity contribution in [2.24, 2.45) is 4.40 Å². The van der Waals surface area contributed by atoms with E-state index in [1.165, 1.54) is 16.7 Å². The SMILES string of the molecule is N#Cc1nccc2cc(N3[C@@H](c4ccc(Cl)cc4)C=NS3(=O)=O)ccc12. The Balaban J connectivity index is 1.85. The van der Waals surface area contributed by atoms with E-state index in [9.17, 15) is 8.42 Å². The first-order valence-corrected chi connectivity index (χ1v) is 9.41. The van der Waals surface area contributed by atoms with Crippen molar-refractivity contribution in [2.75, 3.05) is 4.31 Å². The lowest BCUT2D eigenvalue weighted by molar-refractivity contribution is 0.594. The number of anilines is 1. The monoisotopic (exact) mass is 382 g/mol. The highest BCUT2D eigenvalue weighted by atomic mass is 35.5. The number of rotatable bonds is 2. The highest BCUT2D eigenvalue weighted by molar-refractivity contribution is 7.92. The summed E-state index contributed by atoms with van der Waals surface area (Å²) in [6, 6.07) is 15.2. The molecule has 0 spiro atoms. The van der Waals surface area contributed by atoms with Crippen LogP contribution in [0.2, 0.25) is 5.02 Å². The van der Waals surface area contributed by atoms with Gasteiger partial charge in [0, 0.05) is 22.8 Å². The van der Waals surface area contributed by atoms with Gasteiger partial charge < -0.3 is 0 Å². The van der Waals surface area contributed by atoms with E-state index in [0.29, 0.717) is 21.8 Å². The highest BCUT2D eigenvalue weighted by Crippen LogP contribution is 2.36. The third-order valence-corrected chi connectivity index (χ3v) is 5.73.